The molecule has 7 rings (SSSR count). The minimum absolute atomic E-state index is 0.00119. The monoisotopic (exact) mass is 873 g/mol. The van der Waals surface area contributed by atoms with E-state index < -0.39 is 71.5 Å². The lowest BCUT2D eigenvalue weighted by atomic mass is 9.95. The molecule has 3 aliphatic rings. The van der Waals surface area contributed by atoms with Crippen molar-refractivity contribution in [2.24, 2.45) is 5.73 Å². The lowest BCUT2D eigenvalue weighted by Crippen LogP contribution is -2.61. The summed E-state index contributed by atoms with van der Waals surface area (Å²) in [7, 11) is 0. The lowest BCUT2D eigenvalue weighted by molar-refractivity contribution is -0.140. The molecule has 61 heavy (non-hydrogen) atoms. The number of piperidine rings is 1. The minimum atomic E-state index is -1.36. The van der Waals surface area contributed by atoms with Gasteiger partial charge in [0.05, 0.1) is 16.1 Å². The topological polar surface area (TPSA) is 240 Å². The summed E-state index contributed by atoms with van der Waals surface area (Å²) < 4.78 is 20.0. The van der Waals surface area contributed by atoms with Crippen molar-refractivity contribution in [2.45, 2.75) is 63.9 Å². The summed E-state index contributed by atoms with van der Waals surface area (Å²) in [4.78, 5) is 96.2. The van der Waals surface area contributed by atoms with Crippen LogP contribution < -0.4 is 26.8 Å². The normalized spacial score (nSPS) is 19.9. The smallest absolute Gasteiger partial charge is 0.276 e. The standard InChI is InChI=1S/C41H38Cl2FN9O8/c1-18-16-51(17-19(2)52(18)41(60)34(45)23-5-4-6-24-32(23)40(59)53(39(24)58)28-13-14-30(54)48-37(28)56)38(57)21-7-9-22(10-8-21)47-36(55)27-15-29(35(46)50-49-27)61-20(3)31-25(42)11-12-26(44)33(31)43/h4-12,15,18-20,28,34H,13-14,16-17,45H2,1-3H3,(H2,46,50)(H,47,55)(H,48,54,56)/t18-,19+,20-,28?,34?/m1/s1. The number of anilines is 2. The lowest BCUT2D eigenvalue weighted by Gasteiger charge is -2.45. The van der Waals surface area contributed by atoms with Crippen molar-refractivity contribution in [1.29, 1.82) is 0 Å². The molecular weight excluding hydrogens is 836 g/mol. The summed E-state index contributed by atoms with van der Waals surface area (Å²) in [5, 5.41) is 12.4. The maximum Gasteiger partial charge on any atom is 0.276 e. The molecule has 0 aliphatic carbocycles. The molecule has 316 valence electrons. The van der Waals surface area contributed by atoms with E-state index in [1.54, 1.807) is 30.6 Å². The molecule has 0 saturated carbocycles. The highest BCUT2D eigenvalue weighted by atomic mass is 35.5. The fourth-order valence-corrected chi connectivity index (χ4v) is 8.52. The van der Waals surface area contributed by atoms with Gasteiger partial charge in [-0.1, -0.05) is 35.3 Å². The van der Waals surface area contributed by atoms with Crippen molar-refractivity contribution in [1.82, 2.24) is 30.2 Å². The van der Waals surface area contributed by atoms with Crippen LogP contribution in [-0.4, -0.2) is 97.5 Å². The van der Waals surface area contributed by atoms with Crippen molar-refractivity contribution in [3.8, 4) is 5.75 Å². The van der Waals surface area contributed by atoms with Gasteiger partial charge >= 0.3 is 0 Å². The number of nitrogen functional groups attached to an aromatic ring is 1. The molecule has 0 bridgehead atoms. The number of amides is 7. The highest BCUT2D eigenvalue weighted by Gasteiger charge is 2.47. The zero-order valence-electron chi connectivity index (χ0n) is 32.8. The van der Waals surface area contributed by atoms with E-state index >= 15 is 0 Å². The van der Waals surface area contributed by atoms with Crippen LogP contribution in [0.1, 0.15) is 98.4 Å². The van der Waals surface area contributed by atoms with E-state index in [1.807, 2.05) is 0 Å². The van der Waals surface area contributed by atoms with Crippen LogP contribution in [0.25, 0.3) is 0 Å². The van der Waals surface area contributed by atoms with Gasteiger partial charge < -0.3 is 31.3 Å². The number of carbonyl (C=O) groups is 7. The molecule has 1 aromatic heterocycles. The fraction of sp³-hybridized carbons (Fsp3) is 0.293. The zero-order valence-corrected chi connectivity index (χ0v) is 34.3. The van der Waals surface area contributed by atoms with Gasteiger partial charge in [0.2, 0.25) is 17.7 Å². The summed E-state index contributed by atoms with van der Waals surface area (Å²) in [5.41, 5.74) is 13.2. The van der Waals surface area contributed by atoms with Crippen LogP contribution in [0.4, 0.5) is 15.9 Å². The van der Waals surface area contributed by atoms with E-state index in [0.717, 1.165) is 11.0 Å². The first-order valence-corrected chi connectivity index (χ1v) is 19.8. The highest BCUT2D eigenvalue weighted by molar-refractivity contribution is 6.36. The summed E-state index contributed by atoms with van der Waals surface area (Å²) >= 11 is 12.3. The molecule has 7 amide bonds. The molecule has 6 N–H and O–H groups in total. The quantitative estimate of drug-likeness (QED) is 0.138. The van der Waals surface area contributed by atoms with Crippen molar-refractivity contribution < 1.29 is 42.7 Å². The van der Waals surface area contributed by atoms with Crippen LogP contribution >= 0.6 is 23.2 Å². The van der Waals surface area contributed by atoms with E-state index in [9.17, 15) is 38.0 Å². The SMILES string of the molecule is C[C@@H]1CN(C(=O)c2ccc(NC(=O)c3cc(O[C@H](C)c4c(Cl)ccc(F)c4Cl)c(N)nn3)cc2)C[C@H](C)N1C(=O)C(N)c1cccc2c1C(=O)N(C1CCC(=O)NC1=O)C2=O. The largest absolute Gasteiger partial charge is 0.482 e. The number of benzene rings is 3. The van der Waals surface area contributed by atoms with Crippen LogP contribution in [0, 0.1) is 5.82 Å². The Morgan fingerprint density at radius 2 is 1.66 bits per heavy atom. The molecule has 0 radical (unpaired) electrons. The van der Waals surface area contributed by atoms with Gasteiger partial charge in [0.1, 0.15) is 24.0 Å². The Balaban J connectivity index is 0.983. The molecule has 2 fully saturated rings. The number of hydrogen-bond acceptors (Lipinski definition) is 12. The Kier molecular flexibility index (Phi) is 11.8. The van der Waals surface area contributed by atoms with Crippen LogP contribution in [0.3, 0.4) is 0 Å². The average Bonchev–Trinajstić information content (AvgIpc) is 3.48. The van der Waals surface area contributed by atoms with Gasteiger partial charge in [0.15, 0.2) is 17.3 Å². The molecule has 0 spiro atoms. The van der Waals surface area contributed by atoms with Crippen LogP contribution in [-0.2, 0) is 14.4 Å². The molecule has 4 heterocycles. The van der Waals surface area contributed by atoms with E-state index in [4.69, 9.17) is 39.4 Å². The fourth-order valence-electron chi connectivity index (χ4n) is 7.84. The number of imide groups is 2. The maximum atomic E-state index is 14.1. The number of nitrogens with one attached hydrogen (secondary N) is 2. The van der Waals surface area contributed by atoms with E-state index in [1.165, 1.54) is 54.6 Å². The number of rotatable bonds is 9. The average molecular weight is 875 g/mol. The third kappa shape index (κ3) is 8.08. The van der Waals surface area contributed by atoms with Gasteiger partial charge in [0, 0.05) is 59.5 Å². The van der Waals surface area contributed by atoms with Gasteiger partial charge in [-0.25, -0.2) is 4.39 Å². The summed E-state index contributed by atoms with van der Waals surface area (Å²) in [5.74, 6) is -5.14. The van der Waals surface area contributed by atoms with Gasteiger partial charge in [-0.15, -0.1) is 10.2 Å². The molecule has 5 atom stereocenters. The predicted octanol–water partition coefficient (Wildman–Crippen LogP) is 4.06. The van der Waals surface area contributed by atoms with Crippen molar-refractivity contribution in [3.05, 3.63) is 110 Å². The molecule has 3 aliphatic heterocycles. The number of carbonyl (C=O) groups excluding carboxylic acids is 7. The molecule has 17 nitrogen and oxygen atoms in total. The molecule has 2 unspecified atom stereocenters. The van der Waals surface area contributed by atoms with Crippen molar-refractivity contribution >= 4 is 76.1 Å². The number of hydrogen-bond donors (Lipinski definition) is 4. The van der Waals surface area contributed by atoms with Gasteiger partial charge in [0.25, 0.3) is 23.6 Å². The molecule has 20 heteroatoms. The second-order valence-corrected chi connectivity index (χ2v) is 15.7. The Labute approximate surface area is 357 Å². The Hall–Kier alpha value is -6.50. The first-order valence-electron chi connectivity index (χ1n) is 19.0. The Bertz CT molecular complexity index is 2510. The minimum Gasteiger partial charge on any atom is -0.482 e. The number of aromatic nitrogens is 2. The Morgan fingerprint density at radius 3 is 2.33 bits per heavy atom. The van der Waals surface area contributed by atoms with Crippen LogP contribution in [0.5, 0.6) is 5.75 Å². The van der Waals surface area contributed by atoms with E-state index in [2.05, 4.69) is 20.8 Å². The van der Waals surface area contributed by atoms with E-state index in [0.29, 0.717) is 11.3 Å². The summed E-state index contributed by atoms with van der Waals surface area (Å²) in [6.07, 6.45) is -0.952. The number of halogens is 3. The first-order chi connectivity index (χ1) is 29.0. The maximum absolute atomic E-state index is 14.1. The number of fused-ring (bicyclic) bond motifs is 1. The van der Waals surface area contributed by atoms with Crippen molar-refractivity contribution in [3.63, 3.8) is 0 Å². The summed E-state index contributed by atoms with van der Waals surface area (Å²) in [6, 6.07) is 10.7. The van der Waals surface area contributed by atoms with Gasteiger partial charge in [-0.05, 0) is 75.2 Å². The third-order valence-electron chi connectivity index (χ3n) is 10.8. The third-order valence-corrected chi connectivity index (χ3v) is 11.5. The highest BCUT2D eigenvalue weighted by Crippen LogP contribution is 2.37. The molecule has 2 saturated heterocycles. The van der Waals surface area contributed by atoms with Crippen molar-refractivity contribution in [2.75, 3.05) is 24.1 Å². The molecular formula is C41H38Cl2FN9O8. The predicted molar refractivity (Wildman–Crippen MR) is 218 cm³/mol. The zero-order chi connectivity index (χ0) is 44.0. The van der Waals surface area contributed by atoms with Crippen LogP contribution in [0.2, 0.25) is 10.0 Å². The van der Waals surface area contributed by atoms with E-state index in [-0.39, 0.29) is 81.4 Å². The number of nitrogens with zero attached hydrogens (tertiary/aromatic N) is 5. The van der Waals surface area contributed by atoms with Crippen LogP contribution in [0.15, 0.2) is 60.7 Å². The second-order valence-electron chi connectivity index (χ2n) is 14.9. The van der Waals surface area contributed by atoms with Gasteiger partial charge in [-0.3, -0.25) is 43.8 Å². The van der Waals surface area contributed by atoms with Gasteiger partial charge in [-0.2, -0.15) is 0 Å². The number of piperazine rings is 1. The first kappa shape index (κ1) is 42.6. The molecule has 4 aromatic rings. The number of nitrogens with two attached hydrogens (primary N) is 2. The Morgan fingerprint density at radius 1 is 0.967 bits per heavy atom. The molecule has 3 aromatic carbocycles. The number of ether oxygens (including phenoxy) is 1. The summed E-state index contributed by atoms with van der Waals surface area (Å²) in [6.45, 7) is 5.38. The second kappa shape index (κ2) is 16.9.